The van der Waals surface area contributed by atoms with E-state index in [1.807, 2.05) is 39.0 Å². The molecular weight excluding hydrogens is 340 g/mol. The Bertz CT molecular complexity index is 647. The number of hydrogen-bond donors (Lipinski definition) is 0. The Labute approximate surface area is 162 Å². The number of aryl methyl sites for hydroxylation is 1. The Hall–Kier alpha value is -1.74. The molecule has 0 bridgehead atoms. The van der Waals surface area contributed by atoms with E-state index in [4.69, 9.17) is 4.74 Å². The van der Waals surface area contributed by atoms with E-state index in [0.29, 0.717) is 6.42 Å². The average Bonchev–Trinajstić information content (AvgIpc) is 2.59. The first-order chi connectivity index (χ1) is 12.4. The van der Waals surface area contributed by atoms with Gasteiger partial charge in [0.15, 0.2) is 0 Å². The van der Waals surface area contributed by atoms with Gasteiger partial charge < -0.3 is 4.74 Å². The molecule has 0 amide bonds. The van der Waals surface area contributed by atoms with Crippen LogP contribution in [0.2, 0.25) is 0 Å². The minimum atomic E-state index is -0.424. The monoisotopic (exact) mass is 370 g/mol. The summed E-state index contributed by atoms with van der Waals surface area (Å²) in [5.74, 6) is -0.103. The van der Waals surface area contributed by atoms with Gasteiger partial charge in [0.05, 0.1) is 6.42 Å². The average molecular weight is 371 g/mol. The third-order valence-corrected chi connectivity index (χ3v) is 5.22. The minimum absolute atomic E-state index is 0.103. The van der Waals surface area contributed by atoms with Crippen LogP contribution in [0.3, 0.4) is 0 Å². The lowest BCUT2D eigenvalue weighted by molar-refractivity contribution is -0.154. The Balaban J connectivity index is 1.86. The summed E-state index contributed by atoms with van der Waals surface area (Å²) in [6, 6.07) is 20.9. The zero-order valence-electron chi connectivity index (χ0n) is 16.1. The first kappa shape index (κ1) is 20.6. The summed E-state index contributed by atoms with van der Waals surface area (Å²) < 4.78 is 5.53. The lowest BCUT2D eigenvalue weighted by Crippen LogP contribution is -2.25. The SMILES string of the molecule is CC(C)(C)OC(=O)CC(CCCCc1ccccc1)Sc1ccccc1. The molecular formula is C23H30O2S. The van der Waals surface area contributed by atoms with Gasteiger partial charge in [0.2, 0.25) is 0 Å². The molecule has 140 valence electrons. The number of benzene rings is 2. The third kappa shape index (κ3) is 8.57. The van der Waals surface area contributed by atoms with Crippen LogP contribution in [0.25, 0.3) is 0 Å². The fraction of sp³-hybridized carbons (Fsp3) is 0.435. The van der Waals surface area contributed by atoms with E-state index in [1.165, 1.54) is 10.5 Å². The Kier molecular flexibility index (Phi) is 8.24. The number of carbonyl (C=O) groups excluding carboxylic acids is 1. The largest absolute Gasteiger partial charge is 0.460 e. The fourth-order valence-electron chi connectivity index (χ4n) is 2.81. The molecule has 2 aromatic rings. The number of rotatable bonds is 9. The normalized spacial score (nSPS) is 12.6. The van der Waals surface area contributed by atoms with E-state index in [0.717, 1.165) is 25.7 Å². The summed E-state index contributed by atoms with van der Waals surface area (Å²) in [5, 5.41) is 0.253. The van der Waals surface area contributed by atoms with Crippen molar-refractivity contribution >= 4 is 17.7 Å². The molecule has 2 nitrogen and oxygen atoms in total. The van der Waals surface area contributed by atoms with Gasteiger partial charge in [0.25, 0.3) is 0 Å². The van der Waals surface area contributed by atoms with E-state index in [9.17, 15) is 4.79 Å². The Morgan fingerprint density at radius 3 is 2.19 bits per heavy atom. The van der Waals surface area contributed by atoms with Gasteiger partial charge in [-0.15, -0.1) is 11.8 Å². The van der Waals surface area contributed by atoms with Gasteiger partial charge in [0.1, 0.15) is 5.60 Å². The van der Waals surface area contributed by atoms with Gasteiger partial charge in [-0.05, 0) is 57.7 Å². The molecule has 0 spiro atoms. The maximum Gasteiger partial charge on any atom is 0.307 e. The summed E-state index contributed by atoms with van der Waals surface area (Å²) in [5.41, 5.74) is 0.957. The van der Waals surface area contributed by atoms with Crippen molar-refractivity contribution in [1.29, 1.82) is 0 Å². The van der Waals surface area contributed by atoms with E-state index in [2.05, 4.69) is 42.5 Å². The fourth-order valence-corrected chi connectivity index (χ4v) is 4.01. The first-order valence-corrected chi connectivity index (χ1v) is 10.3. The third-order valence-electron chi connectivity index (χ3n) is 3.94. The van der Waals surface area contributed by atoms with E-state index in [1.54, 1.807) is 11.8 Å². The number of hydrogen-bond acceptors (Lipinski definition) is 3. The molecule has 0 aromatic heterocycles. The molecule has 0 saturated heterocycles. The minimum Gasteiger partial charge on any atom is -0.460 e. The van der Waals surface area contributed by atoms with E-state index < -0.39 is 5.60 Å². The van der Waals surface area contributed by atoms with Gasteiger partial charge >= 0.3 is 5.97 Å². The Morgan fingerprint density at radius 2 is 1.58 bits per heavy atom. The van der Waals surface area contributed by atoms with Crippen LogP contribution in [0.4, 0.5) is 0 Å². The first-order valence-electron chi connectivity index (χ1n) is 9.40. The van der Waals surface area contributed by atoms with E-state index in [-0.39, 0.29) is 11.2 Å². The highest BCUT2D eigenvalue weighted by atomic mass is 32.2. The highest BCUT2D eigenvalue weighted by Crippen LogP contribution is 2.29. The molecule has 0 aliphatic carbocycles. The summed E-state index contributed by atoms with van der Waals surface area (Å²) >= 11 is 1.79. The predicted octanol–water partition coefficient (Wildman–Crippen LogP) is 6.29. The van der Waals surface area contributed by atoms with Crippen LogP contribution >= 0.6 is 11.8 Å². The van der Waals surface area contributed by atoms with Crippen molar-refractivity contribution in [2.45, 2.75) is 68.6 Å². The molecule has 2 rings (SSSR count). The lowest BCUT2D eigenvalue weighted by atomic mass is 10.1. The van der Waals surface area contributed by atoms with Crippen molar-refractivity contribution in [3.63, 3.8) is 0 Å². The highest BCUT2D eigenvalue weighted by molar-refractivity contribution is 8.00. The standard InChI is InChI=1S/C23H30O2S/c1-23(2,3)25-22(24)18-21(26-20-15-8-5-9-16-20)17-11-10-14-19-12-6-4-7-13-19/h4-9,12-13,15-16,21H,10-11,14,17-18H2,1-3H3. The van der Waals surface area contributed by atoms with Crippen LogP contribution < -0.4 is 0 Å². The van der Waals surface area contributed by atoms with E-state index >= 15 is 0 Å². The number of thioether (sulfide) groups is 1. The van der Waals surface area contributed by atoms with Crippen molar-refractivity contribution in [3.8, 4) is 0 Å². The molecule has 2 aromatic carbocycles. The molecule has 0 N–H and O–H groups in total. The smallest absolute Gasteiger partial charge is 0.307 e. The van der Waals surface area contributed by atoms with Crippen LogP contribution in [-0.4, -0.2) is 16.8 Å². The highest BCUT2D eigenvalue weighted by Gasteiger charge is 2.21. The summed E-state index contributed by atoms with van der Waals surface area (Å²) in [6.07, 6.45) is 4.83. The molecule has 0 aliphatic rings. The molecule has 3 heteroatoms. The maximum absolute atomic E-state index is 12.3. The molecule has 0 aliphatic heterocycles. The van der Waals surface area contributed by atoms with Crippen LogP contribution in [0, 0.1) is 0 Å². The van der Waals surface area contributed by atoms with Crippen molar-refractivity contribution < 1.29 is 9.53 Å². The van der Waals surface area contributed by atoms with Gasteiger partial charge in [-0.2, -0.15) is 0 Å². The number of unbranched alkanes of at least 4 members (excludes halogenated alkanes) is 1. The molecule has 0 fully saturated rings. The topological polar surface area (TPSA) is 26.3 Å². The molecule has 1 atom stereocenters. The molecule has 0 heterocycles. The second-order valence-corrected chi connectivity index (χ2v) is 8.95. The molecule has 26 heavy (non-hydrogen) atoms. The van der Waals surface area contributed by atoms with Gasteiger partial charge in [0, 0.05) is 10.1 Å². The lowest BCUT2D eigenvalue weighted by Gasteiger charge is -2.22. The zero-order chi connectivity index (χ0) is 18.8. The van der Waals surface area contributed by atoms with Crippen LogP contribution in [0.15, 0.2) is 65.6 Å². The molecule has 0 radical (unpaired) electrons. The van der Waals surface area contributed by atoms with Gasteiger partial charge in [-0.3, -0.25) is 4.79 Å². The second kappa shape index (κ2) is 10.4. The number of esters is 1. The molecule has 0 saturated carbocycles. The predicted molar refractivity (Wildman–Crippen MR) is 111 cm³/mol. The van der Waals surface area contributed by atoms with Crippen molar-refractivity contribution in [2.24, 2.45) is 0 Å². The maximum atomic E-state index is 12.3. The second-order valence-electron chi connectivity index (χ2n) is 7.57. The van der Waals surface area contributed by atoms with Crippen LogP contribution in [0.5, 0.6) is 0 Å². The van der Waals surface area contributed by atoms with Crippen LogP contribution in [0.1, 0.15) is 52.0 Å². The Morgan fingerprint density at radius 1 is 0.962 bits per heavy atom. The molecule has 1 unspecified atom stereocenters. The number of carbonyl (C=O) groups is 1. The van der Waals surface area contributed by atoms with Crippen molar-refractivity contribution in [1.82, 2.24) is 0 Å². The van der Waals surface area contributed by atoms with Gasteiger partial charge in [-0.25, -0.2) is 0 Å². The van der Waals surface area contributed by atoms with Crippen molar-refractivity contribution in [3.05, 3.63) is 66.2 Å². The van der Waals surface area contributed by atoms with Crippen molar-refractivity contribution in [2.75, 3.05) is 0 Å². The zero-order valence-corrected chi connectivity index (χ0v) is 16.9. The summed E-state index contributed by atoms with van der Waals surface area (Å²) in [7, 11) is 0. The quantitative estimate of drug-likeness (QED) is 0.295. The van der Waals surface area contributed by atoms with Crippen LogP contribution in [-0.2, 0) is 16.0 Å². The summed E-state index contributed by atoms with van der Waals surface area (Å²) in [4.78, 5) is 13.5. The summed E-state index contributed by atoms with van der Waals surface area (Å²) in [6.45, 7) is 5.76. The van der Waals surface area contributed by atoms with Gasteiger partial charge in [-0.1, -0.05) is 55.0 Å². The number of ether oxygens (including phenoxy) is 1.